The molecule has 6 heteroatoms. The summed E-state index contributed by atoms with van der Waals surface area (Å²) in [5.41, 5.74) is 1.04. The highest BCUT2D eigenvalue weighted by atomic mass is 79.9. The van der Waals surface area contributed by atoms with Crippen LogP contribution in [0.4, 0.5) is 0 Å². The maximum Gasteiger partial charge on any atom is 0.240 e. The lowest BCUT2D eigenvalue weighted by Gasteiger charge is -2.09. The van der Waals surface area contributed by atoms with E-state index in [9.17, 15) is 8.42 Å². The first kappa shape index (κ1) is 16.6. The Morgan fingerprint density at radius 3 is 2.47 bits per heavy atom. The zero-order chi connectivity index (χ0) is 14.3. The minimum absolute atomic E-state index is 0.140. The number of aliphatic hydroxyl groups excluding tert-OH is 1. The van der Waals surface area contributed by atoms with Gasteiger partial charge >= 0.3 is 0 Å². The Hall–Kier alpha value is -0.430. The van der Waals surface area contributed by atoms with Gasteiger partial charge in [0.1, 0.15) is 0 Å². The molecule has 19 heavy (non-hydrogen) atoms. The SMILES string of the molecule is CC(CO)CCCNS(=O)(=O)c1ccc(CBr)cc1. The lowest BCUT2D eigenvalue weighted by atomic mass is 10.1. The van der Waals surface area contributed by atoms with Crippen LogP contribution in [0, 0.1) is 5.92 Å². The Balaban J connectivity index is 2.51. The molecule has 0 aliphatic heterocycles. The van der Waals surface area contributed by atoms with Crippen LogP contribution in [0.2, 0.25) is 0 Å². The topological polar surface area (TPSA) is 66.4 Å². The molecule has 1 unspecified atom stereocenters. The van der Waals surface area contributed by atoms with Crippen LogP contribution in [0.3, 0.4) is 0 Å². The van der Waals surface area contributed by atoms with Crippen molar-refractivity contribution in [3.8, 4) is 0 Å². The first-order chi connectivity index (χ1) is 8.99. The fraction of sp³-hybridized carbons (Fsp3) is 0.538. The largest absolute Gasteiger partial charge is 0.396 e. The number of hydrogen-bond acceptors (Lipinski definition) is 3. The molecule has 0 saturated carbocycles. The molecule has 1 rings (SSSR count). The third-order valence-electron chi connectivity index (χ3n) is 2.87. The fourth-order valence-corrected chi connectivity index (χ4v) is 3.04. The zero-order valence-electron chi connectivity index (χ0n) is 11.0. The van der Waals surface area contributed by atoms with E-state index in [0.717, 1.165) is 18.4 Å². The minimum Gasteiger partial charge on any atom is -0.396 e. The summed E-state index contributed by atoms with van der Waals surface area (Å²) in [7, 11) is -3.42. The molecule has 1 aromatic carbocycles. The average Bonchev–Trinajstić information content (AvgIpc) is 2.43. The zero-order valence-corrected chi connectivity index (χ0v) is 13.4. The van der Waals surface area contributed by atoms with Crippen LogP contribution >= 0.6 is 15.9 Å². The minimum atomic E-state index is -3.42. The van der Waals surface area contributed by atoms with Crippen molar-refractivity contribution in [1.29, 1.82) is 0 Å². The summed E-state index contributed by atoms with van der Waals surface area (Å²) in [5, 5.41) is 9.59. The quantitative estimate of drug-likeness (QED) is 0.558. The standard InChI is InChI=1S/C13H20BrNO3S/c1-11(10-16)3-2-8-15-19(17,18)13-6-4-12(9-14)5-7-13/h4-7,11,15-16H,2-3,8-10H2,1H3. The smallest absolute Gasteiger partial charge is 0.240 e. The van der Waals surface area contributed by atoms with Gasteiger partial charge in [-0.25, -0.2) is 13.1 Å². The molecule has 0 heterocycles. The summed E-state index contributed by atoms with van der Waals surface area (Å²) in [6, 6.07) is 6.79. The van der Waals surface area contributed by atoms with Crippen molar-refractivity contribution < 1.29 is 13.5 Å². The molecule has 0 bridgehead atoms. The molecule has 0 amide bonds. The van der Waals surface area contributed by atoms with Crippen LogP contribution in [0.5, 0.6) is 0 Å². The molecule has 108 valence electrons. The van der Waals surface area contributed by atoms with Crippen molar-refractivity contribution >= 4 is 26.0 Å². The molecule has 0 aliphatic carbocycles. The van der Waals surface area contributed by atoms with Gasteiger partial charge in [0.15, 0.2) is 0 Å². The van der Waals surface area contributed by atoms with Gasteiger partial charge in [0.05, 0.1) is 4.90 Å². The van der Waals surface area contributed by atoms with Crippen LogP contribution in [0.15, 0.2) is 29.2 Å². The molecule has 0 radical (unpaired) electrons. The van der Waals surface area contributed by atoms with Crippen molar-refractivity contribution in [2.45, 2.75) is 30.0 Å². The monoisotopic (exact) mass is 349 g/mol. The highest BCUT2D eigenvalue weighted by Gasteiger charge is 2.13. The number of sulfonamides is 1. The van der Waals surface area contributed by atoms with Crippen molar-refractivity contribution in [2.75, 3.05) is 13.2 Å². The number of nitrogens with one attached hydrogen (secondary N) is 1. The Morgan fingerprint density at radius 2 is 1.95 bits per heavy atom. The van der Waals surface area contributed by atoms with E-state index in [4.69, 9.17) is 5.11 Å². The van der Waals surface area contributed by atoms with Gasteiger partial charge in [-0.05, 0) is 36.5 Å². The summed E-state index contributed by atoms with van der Waals surface area (Å²) in [5.74, 6) is 0.211. The van der Waals surface area contributed by atoms with Gasteiger partial charge in [0.25, 0.3) is 0 Å². The second kappa shape index (κ2) is 7.99. The lowest BCUT2D eigenvalue weighted by Crippen LogP contribution is -2.25. The van der Waals surface area contributed by atoms with E-state index in [0.29, 0.717) is 11.9 Å². The number of hydrogen-bond donors (Lipinski definition) is 2. The number of halogens is 1. The fourth-order valence-electron chi connectivity index (χ4n) is 1.59. The molecule has 0 aliphatic rings. The number of alkyl halides is 1. The second-order valence-corrected chi connectivity index (χ2v) is 6.93. The van der Waals surface area contributed by atoms with Crippen molar-refractivity contribution in [2.24, 2.45) is 5.92 Å². The Morgan fingerprint density at radius 1 is 1.32 bits per heavy atom. The normalized spacial score (nSPS) is 13.4. The van der Waals surface area contributed by atoms with Crippen LogP contribution < -0.4 is 4.72 Å². The van der Waals surface area contributed by atoms with E-state index in [2.05, 4.69) is 20.7 Å². The van der Waals surface area contributed by atoms with E-state index >= 15 is 0 Å². The number of rotatable bonds is 8. The van der Waals surface area contributed by atoms with Crippen LogP contribution in [0.25, 0.3) is 0 Å². The molecule has 2 N–H and O–H groups in total. The molecular formula is C13H20BrNO3S. The van der Waals surface area contributed by atoms with Gasteiger partial charge in [-0.3, -0.25) is 0 Å². The molecule has 1 aromatic rings. The van der Waals surface area contributed by atoms with Crippen LogP contribution in [-0.2, 0) is 15.4 Å². The maximum absolute atomic E-state index is 12.0. The van der Waals surface area contributed by atoms with Crippen molar-refractivity contribution in [3.05, 3.63) is 29.8 Å². The molecule has 4 nitrogen and oxygen atoms in total. The van der Waals surface area contributed by atoms with E-state index in [1.807, 2.05) is 6.92 Å². The third-order valence-corrected chi connectivity index (χ3v) is 4.99. The van der Waals surface area contributed by atoms with Crippen molar-refractivity contribution in [1.82, 2.24) is 4.72 Å². The Bertz CT molecular complexity index is 473. The number of benzene rings is 1. The summed E-state index contributed by atoms with van der Waals surface area (Å²) >= 11 is 3.32. The summed E-state index contributed by atoms with van der Waals surface area (Å²) in [6.45, 7) is 2.47. The van der Waals surface area contributed by atoms with Crippen LogP contribution in [-0.4, -0.2) is 26.7 Å². The molecule has 1 atom stereocenters. The molecule has 0 spiro atoms. The van der Waals surface area contributed by atoms with Gasteiger partial charge in [0.2, 0.25) is 10.0 Å². The van der Waals surface area contributed by atoms with E-state index < -0.39 is 10.0 Å². The highest BCUT2D eigenvalue weighted by molar-refractivity contribution is 9.08. The van der Waals surface area contributed by atoms with Gasteiger partial charge in [0, 0.05) is 18.5 Å². The van der Waals surface area contributed by atoms with Gasteiger partial charge < -0.3 is 5.11 Å². The Kier molecular flexibility index (Phi) is 6.99. The molecule has 0 aromatic heterocycles. The summed E-state index contributed by atoms with van der Waals surface area (Å²) in [4.78, 5) is 0.285. The summed E-state index contributed by atoms with van der Waals surface area (Å²) < 4.78 is 26.5. The molecule has 0 saturated heterocycles. The third kappa shape index (κ3) is 5.60. The van der Waals surface area contributed by atoms with E-state index in [1.165, 1.54) is 0 Å². The summed E-state index contributed by atoms with van der Waals surface area (Å²) in [6.07, 6.45) is 1.53. The highest BCUT2D eigenvalue weighted by Crippen LogP contribution is 2.12. The second-order valence-electron chi connectivity index (χ2n) is 4.61. The first-order valence-electron chi connectivity index (χ1n) is 6.25. The first-order valence-corrected chi connectivity index (χ1v) is 8.85. The van der Waals surface area contributed by atoms with Gasteiger partial charge in [-0.2, -0.15) is 0 Å². The Labute approximate surface area is 123 Å². The van der Waals surface area contributed by atoms with Crippen molar-refractivity contribution in [3.63, 3.8) is 0 Å². The predicted octanol–water partition coefficient (Wildman–Crippen LogP) is 2.27. The molecular weight excluding hydrogens is 330 g/mol. The number of aliphatic hydroxyl groups is 1. The lowest BCUT2D eigenvalue weighted by molar-refractivity contribution is 0.228. The van der Waals surface area contributed by atoms with Gasteiger partial charge in [-0.1, -0.05) is 35.0 Å². The predicted molar refractivity (Wildman–Crippen MR) is 79.7 cm³/mol. The average molecular weight is 350 g/mol. The van der Waals surface area contributed by atoms with Crippen LogP contribution in [0.1, 0.15) is 25.3 Å². The van der Waals surface area contributed by atoms with E-state index in [-0.39, 0.29) is 17.4 Å². The molecule has 0 fully saturated rings. The maximum atomic E-state index is 12.0. The van der Waals surface area contributed by atoms with Gasteiger partial charge in [-0.15, -0.1) is 0 Å². The van der Waals surface area contributed by atoms with E-state index in [1.54, 1.807) is 24.3 Å².